The van der Waals surface area contributed by atoms with Crippen LogP contribution in [-0.4, -0.2) is 59.4 Å². The Balaban J connectivity index is 1.46. The zero-order chi connectivity index (χ0) is 21.0. The van der Waals surface area contributed by atoms with E-state index in [1.807, 2.05) is 42.2 Å². The van der Waals surface area contributed by atoms with Crippen molar-refractivity contribution in [3.63, 3.8) is 0 Å². The summed E-state index contributed by atoms with van der Waals surface area (Å²) in [7, 11) is 0. The number of likely N-dealkylation sites (tertiary alicyclic amines) is 1. The molecule has 2 fully saturated rings. The maximum Gasteiger partial charge on any atom is 0.260 e. The second kappa shape index (κ2) is 8.84. The van der Waals surface area contributed by atoms with Crippen molar-refractivity contribution in [3.05, 3.63) is 30.3 Å². The lowest BCUT2D eigenvalue weighted by atomic mass is 9.90. The van der Waals surface area contributed by atoms with Crippen molar-refractivity contribution < 1.29 is 14.3 Å². The Morgan fingerprint density at radius 2 is 1.93 bits per heavy atom. The topological polar surface area (TPSA) is 85.7 Å². The van der Waals surface area contributed by atoms with E-state index in [0.717, 1.165) is 12.8 Å². The fourth-order valence-electron chi connectivity index (χ4n) is 4.29. The van der Waals surface area contributed by atoms with Gasteiger partial charge in [-0.25, -0.2) is 0 Å². The van der Waals surface area contributed by atoms with E-state index in [1.54, 1.807) is 4.90 Å². The van der Waals surface area contributed by atoms with Crippen molar-refractivity contribution in [1.82, 2.24) is 15.1 Å². The number of carbonyl (C=O) groups is 2. The fraction of sp³-hybridized carbons (Fsp3) is 0.591. The highest BCUT2D eigenvalue weighted by Gasteiger charge is 2.46. The minimum Gasteiger partial charge on any atom is -0.484 e. The van der Waals surface area contributed by atoms with Gasteiger partial charge in [0.15, 0.2) is 12.6 Å². The number of carbonyl (C=O) groups excluding carboxylic acids is 2. The third-order valence-corrected chi connectivity index (χ3v) is 5.71. The van der Waals surface area contributed by atoms with Gasteiger partial charge in [0.2, 0.25) is 0 Å². The molecule has 2 N–H and O–H groups in total. The quantitative estimate of drug-likeness (QED) is 0.736. The number of nitrogens with one attached hydrogen (secondary N) is 2. The van der Waals surface area contributed by atoms with Crippen LogP contribution in [0.5, 0.6) is 5.75 Å². The highest BCUT2D eigenvalue weighted by molar-refractivity contribution is 6.07. The molecule has 3 rings (SSSR count). The molecule has 29 heavy (non-hydrogen) atoms. The van der Waals surface area contributed by atoms with E-state index in [4.69, 9.17) is 10.1 Å². The molecule has 2 heterocycles. The lowest BCUT2D eigenvalue weighted by Crippen LogP contribution is -2.46. The number of hydrogen-bond donors (Lipinski definition) is 2. The van der Waals surface area contributed by atoms with Crippen LogP contribution >= 0.6 is 0 Å². The van der Waals surface area contributed by atoms with Crippen molar-refractivity contribution >= 4 is 17.8 Å². The molecule has 2 aliphatic rings. The maximum absolute atomic E-state index is 12.9. The molecule has 2 amide bonds. The summed E-state index contributed by atoms with van der Waals surface area (Å²) < 4.78 is 5.56. The van der Waals surface area contributed by atoms with Crippen LogP contribution in [0, 0.1) is 17.2 Å². The van der Waals surface area contributed by atoms with Gasteiger partial charge < -0.3 is 15.0 Å². The molecule has 0 spiro atoms. The summed E-state index contributed by atoms with van der Waals surface area (Å²) >= 11 is 0. The molecular weight excluding hydrogens is 368 g/mol. The summed E-state index contributed by atoms with van der Waals surface area (Å²) in [6.07, 6.45) is 2.36. The van der Waals surface area contributed by atoms with Gasteiger partial charge in [0.05, 0.1) is 0 Å². The van der Waals surface area contributed by atoms with Crippen molar-refractivity contribution in [2.24, 2.45) is 11.8 Å². The van der Waals surface area contributed by atoms with Crippen LogP contribution in [-0.2, 0) is 9.59 Å². The molecule has 1 atom stereocenters. The van der Waals surface area contributed by atoms with Gasteiger partial charge in [0, 0.05) is 19.6 Å². The van der Waals surface area contributed by atoms with E-state index < -0.39 is 5.54 Å². The van der Waals surface area contributed by atoms with Crippen LogP contribution in [0.25, 0.3) is 0 Å². The number of guanidine groups is 1. The van der Waals surface area contributed by atoms with E-state index in [2.05, 4.69) is 19.2 Å². The minimum atomic E-state index is -0.684. The summed E-state index contributed by atoms with van der Waals surface area (Å²) in [6, 6.07) is 9.34. The summed E-state index contributed by atoms with van der Waals surface area (Å²) in [5, 5.41) is 11.3. The Labute approximate surface area is 172 Å². The molecule has 0 radical (unpaired) electrons. The highest BCUT2D eigenvalue weighted by Crippen LogP contribution is 2.27. The summed E-state index contributed by atoms with van der Waals surface area (Å²) in [5.41, 5.74) is -0.684. The fourth-order valence-corrected chi connectivity index (χ4v) is 4.29. The molecule has 1 aromatic carbocycles. The van der Waals surface area contributed by atoms with Gasteiger partial charge in [-0.15, -0.1) is 0 Å². The molecule has 1 unspecified atom stereocenters. The molecule has 158 valence electrons. The summed E-state index contributed by atoms with van der Waals surface area (Å²) in [5.74, 6) is 1.54. The standard InChI is InChI=1S/C22H32N4O3/c1-16(2)13-22(3)20(28)26(21(23)24-22)14-17-9-11-25(12-10-17)19(27)15-29-18-7-5-4-6-8-18/h4-8,16-17H,9-15H2,1-3H3,(H2,23,24). The van der Waals surface area contributed by atoms with E-state index in [-0.39, 0.29) is 24.4 Å². The first kappa shape index (κ1) is 21.1. The Kier molecular flexibility index (Phi) is 6.45. The van der Waals surface area contributed by atoms with Crippen molar-refractivity contribution in [2.75, 3.05) is 26.2 Å². The number of nitrogens with zero attached hydrogens (tertiary/aromatic N) is 2. The molecule has 7 nitrogen and oxygen atoms in total. The smallest absolute Gasteiger partial charge is 0.260 e. The number of rotatable bonds is 7. The monoisotopic (exact) mass is 400 g/mol. The maximum atomic E-state index is 12.9. The molecule has 2 saturated heterocycles. The minimum absolute atomic E-state index is 0.00836. The predicted molar refractivity (Wildman–Crippen MR) is 112 cm³/mol. The summed E-state index contributed by atoms with van der Waals surface area (Å²) in [6.45, 7) is 7.96. The third-order valence-electron chi connectivity index (χ3n) is 5.71. The molecule has 0 bridgehead atoms. The van der Waals surface area contributed by atoms with Gasteiger partial charge in [-0.05, 0) is 50.2 Å². The lowest BCUT2D eigenvalue weighted by molar-refractivity contribution is -0.136. The van der Waals surface area contributed by atoms with E-state index in [0.29, 0.717) is 43.6 Å². The average molecular weight is 401 g/mol. The molecule has 1 aromatic rings. The second-order valence-electron chi connectivity index (χ2n) is 8.75. The van der Waals surface area contributed by atoms with E-state index in [9.17, 15) is 9.59 Å². The number of para-hydroxylation sites is 1. The molecule has 0 aromatic heterocycles. The largest absolute Gasteiger partial charge is 0.484 e. The van der Waals surface area contributed by atoms with Crippen LogP contribution < -0.4 is 10.1 Å². The number of amides is 2. The molecule has 0 saturated carbocycles. The number of hydrogen-bond acceptors (Lipinski definition) is 4. The molecule has 0 aliphatic carbocycles. The number of piperidine rings is 1. The zero-order valence-corrected chi connectivity index (χ0v) is 17.6. The molecule has 2 aliphatic heterocycles. The summed E-state index contributed by atoms with van der Waals surface area (Å²) in [4.78, 5) is 28.7. The van der Waals surface area contributed by atoms with Crippen LogP contribution in [0.2, 0.25) is 0 Å². The van der Waals surface area contributed by atoms with Gasteiger partial charge >= 0.3 is 0 Å². The zero-order valence-electron chi connectivity index (χ0n) is 17.6. The highest BCUT2D eigenvalue weighted by atomic mass is 16.5. The van der Waals surface area contributed by atoms with Gasteiger partial charge in [-0.1, -0.05) is 32.0 Å². The van der Waals surface area contributed by atoms with Crippen LogP contribution in [0.15, 0.2) is 30.3 Å². The van der Waals surface area contributed by atoms with E-state index in [1.165, 1.54) is 0 Å². The van der Waals surface area contributed by atoms with Gasteiger partial charge in [-0.2, -0.15) is 0 Å². The molecular formula is C22H32N4O3. The van der Waals surface area contributed by atoms with Crippen LogP contribution in [0.3, 0.4) is 0 Å². The third kappa shape index (κ3) is 5.08. The van der Waals surface area contributed by atoms with Gasteiger partial charge in [-0.3, -0.25) is 19.9 Å². The van der Waals surface area contributed by atoms with E-state index >= 15 is 0 Å². The average Bonchev–Trinajstić information content (AvgIpc) is 2.89. The first-order valence-electron chi connectivity index (χ1n) is 10.4. The van der Waals surface area contributed by atoms with Crippen LogP contribution in [0.4, 0.5) is 0 Å². The first-order valence-corrected chi connectivity index (χ1v) is 10.4. The predicted octanol–water partition coefficient (Wildman–Crippen LogP) is 2.48. The second-order valence-corrected chi connectivity index (χ2v) is 8.75. The van der Waals surface area contributed by atoms with Crippen molar-refractivity contribution in [3.8, 4) is 5.75 Å². The Hall–Kier alpha value is -2.57. The number of benzene rings is 1. The Bertz CT molecular complexity index is 744. The van der Waals surface area contributed by atoms with Crippen molar-refractivity contribution in [2.45, 2.75) is 45.6 Å². The Morgan fingerprint density at radius 3 is 2.55 bits per heavy atom. The first-order chi connectivity index (χ1) is 13.8. The van der Waals surface area contributed by atoms with Crippen molar-refractivity contribution in [1.29, 1.82) is 5.41 Å². The number of ether oxygens (including phenoxy) is 1. The normalized spacial score (nSPS) is 22.9. The molecule has 7 heteroatoms. The lowest BCUT2D eigenvalue weighted by Gasteiger charge is -2.33. The SMILES string of the molecule is CC(C)CC1(C)NC(=N)N(CC2CCN(C(=O)COc3ccccc3)CC2)C1=O. The van der Waals surface area contributed by atoms with Gasteiger partial charge in [0.25, 0.3) is 11.8 Å². The van der Waals surface area contributed by atoms with Crippen LogP contribution in [0.1, 0.15) is 40.0 Å². The Morgan fingerprint density at radius 1 is 1.28 bits per heavy atom. The van der Waals surface area contributed by atoms with Gasteiger partial charge in [0.1, 0.15) is 11.3 Å².